The standard InChI is InChI=1S/C22H23NO4/c1-2-26-22(25)17-14-23(19(24)13-12-15-8-4-3-5-9-15)20-16-10-6-7-11-18(16)27-21(17)20/h3-11,17,20-21H,2,12-14H2,1H3/t17-,20+,21+/m1/s1. The number of benzene rings is 2. The van der Waals surface area contributed by atoms with Crippen LogP contribution in [0.4, 0.5) is 0 Å². The highest BCUT2D eigenvalue weighted by atomic mass is 16.5. The molecule has 27 heavy (non-hydrogen) atoms. The summed E-state index contributed by atoms with van der Waals surface area (Å²) in [6.45, 7) is 2.45. The van der Waals surface area contributed by atoms with Gasteiger partial charge in [-0.05, 0) is 25.0 Å². The molecule has 3 atom stereocenters. The van der Waals surface area contributed by atoms with Gasteiger partial charge in [0.05, 0.1) is 12.6 Å². The molecule has 0 radical (unpaired) electrons. The van der Waals surface area contributed by atoms with Crippen molar-refractivity contribution in [2.45, 2.75) is 31.9 Å². The first-order valence-corrected chi connectivity index (χ1v) is 9.44. The van der Waals surface area contributed by atoms with Crippen LogP contribution in [-0.2, 0) is 20.7 Å². The Labute approximate surface area is 158 Å². The highest BCUT2D eigenvalue weighted by Gasteiger charge is 2.53. The zero-order chi connectivity index (χ0) is 18.8. The topological polar surface area (TPSA) is 55.8 Å². The molecule has 5 heteroatoms. The Morgan fingerprint density at radius 2 is 1.85 bits per heavy atom. The Hall–Kier alpha value is -2.82. The smallest absolute Gasteiger partial charge is 0.314 e. The lowest BCUT2D eigenvalue weighted by Crippen LogP contribution is -2.32. The van der Waals surface area contributed by atoms with E-state index in [-0.39, 0.29) is 24.0 Å². The predicted molar refractivity (Wildman–Crippen MR) is 100 cm³/mol. The molecule has 0 aliphatic carbocycles. The van der Waals surface area contributed by atoms with Gasteiger partial charge < -0.3 is 14.4 Å². The molecule has 2 aliphatic rings. The van der Waals surface area contributed by atoms with Gasteiger partial charge in [0.1, 0.15) is 17.8 Å². The van der Waals surface area contributed by atoms with E-state index in [4.69, 9.17) is 9.47 Å². The van der Waals surface area contributed by atoms with Gasteiger partial charge in [-0.25, -0.2) is 0 Å². The van der Waals surface area contributed by atoms with Crippen LogP contribution in [-0.4, -0.2) is 36.0 Å². The van der Waals surface area contributed by atoms with Gasteiger partial charge in [0, 0.05) is 18.5 Å². The molecule has 2 aromatic carbocycles. The zero-order valence-electron chi connectivity index (χ0n) is 15.3. The second-order valence-electron chi connectivity index (χ2n) is 6.96. The molecular weight excluding hydrogens is 342 g/mol. The summed E-state index contributed by atoms with van der Waals surface area (Å²) in [7, 11) is 0. The molecule has 2 heterocycles. The normalized spacial score (nSPS) is 22.7. The molecule has 2 aliphatic heterocycles. The first kappa shape index (κ1) is 17.6. The van der Waals surface area contributed by atoms with Crippen molar-refractivity contribution >= 4 is 11.9 Å². The van der Waals surface area contributed by atoms with Crippen molar-refractivity contribution in [1.82, 2.24) is 4.90 Å². The van der Waals surface area contributed by atoms with Crippen LogP contribution in [0.1, 0.15) is 30.5 Å². The van der Waals surface area contributed by atoms with E-state index in [1.54, 1.807) is 11.8 Å². The van der Waals surface area contributed by atoms with E-state index in [9.17, 15) is 9.59 Å². The minimum absolute atomic E-state index is 0.0426. The third-order valence-electron chi connectivity index (χ3n) is 5.32. The number of nitrogens with zero attached hydrogens (tertiary/aromatic N) is 1. The molecule has 0 bridgehead atoms. The Morgan fingerprint density at radius 3 is 2.63 bits per heavy atom. The second-order valence-corrected chi connectivity index (χ2v) is 6.96. The number of aryl methyl sites for hydroxylation is 1. The molecule has 1 saturated heterocycles. The molecule has 0 aromatic heterocycles. The highest BCUT2D eigenvalue weighted by molar-refractivity contribution is 5.81. The number of hydrogen-bond donors (Lipinski definition) is 0. The number of amides is 1. The number of rotatable bonds is 5. The summed E-state index contributed by atoms with van der Waals surface area (Å²) in [5.74, 6) is 0.0463. The van der Waals surface area contributed by atoms with Crippen LogP contribution < -0.4 is 4.74 Å². The number of ether oxygens (including phenoxy) is 2. The van der Waals surface area contributed by atoms with Crippen molar-refractivity contribution in [3.05, 3.63) is 65.7 Å². The summed E-state index contributed by atoms with van der Waals surface area (Å²) in [5.41, 5.74) is 2.11. The molecule has 4 rings (SSSR count). The average Bonchev–Trinajstić information content (AvgIpc) is 3.24. The molecule has 1 amide bonds. The van der Waals surface area contributed by atoms with Gasteiger partial charge >= 0.3 is 5.97 Å². The number of esters is 1. The molecule has 0 saturated carbocycles. The fraction of sp³-hybridized carbons (Fsp3) is 0.364. The molecule has 1 fully saturated rings. The van der Waals surface area contributed by atoms with E-state index in [2.05, 4.69) is 0 Å². The summed E-state index contributed by atoms with van der Waals surface area (Å²) < 4.78 is 11.3. The lowest BCUT2D eigenvalue weighted by atomic mass is 9.98. The summed E-state index contributed by atoms with van der Waals surface area (Å²) in [6, 6.07) is 17.5. The SMILES string of the molecule is CCOC(=O)[C@@H]1CN(C(=O)CCc2ccccc2)[C@H]2c3ccccc3O[C@@H]12. The third-order valence-corrected chi connectivity index (χ3v) is 5.32. The van der Waals surface area contributed by atoms with E-state index < -0.39 is 5.92 Å². The summed E-state index contributed by atoms with van der Waals surface area (Å²) >= 11 is 0. The van der Waals surface area contributed by atoms with E-state index >= 15 is 0 Å². The fourth-order valence-corrected chi connectivity index (χ4v) is 4.05. The molecule has 0 unspecified atom stereocenters. The van der Waals surface area contributed by atoms with Gasteiger partial charge in [0.25, 0.3) is 0 Å². The van der Waals surface area contributed by atoms with Gasteiger partial charge in [0.15, 0.2) is 0 Å². The number of carbonyl (C=O) groups is 2. The first-order valence-electron chi connectivity index (χ1n) is 9.44. The maximum Gasteiger partial charge on any atom is 0.314 e. The van der Waals surface area contributed by atoms with Crippen LogP contribution in [0, 0.1) is 5.92 Å². The van der Waals surface area contributed by atoms with Gasteiger partial charge in [-0.1, -0.05) is 48.5 Å². The van der Waals surface area contributed by atoms with Crippen molar-refractivity contribution in [2.24, 2.45) is 5.92 Å². The van der Waals surface area contributed by atoms with Crippen LogP contribution in [0.5, 0.6) is 5.75 Å². The van der Waals surface area contributed by atoms with E-state index in [1.165, 1.54) is 0 Å². The van der Waals surface area contributed by atoms with Crippen LogP contribution in [0.25, 0.3) is 0 Å². The Bertz CT molecular complexity index is 835. The minimum atomic E-state index is -0.456. The monoisotopic (exact) mass is 365 g/mol. The van der Waals surface area contributed by atoms with Crippen molar-refractivity contribution < 1.29 is 19.1 Å². The summed E-state index contributed by atoms with van der Waals surface area (Å²) in [5, 5.41) is 0. The molecular formula is C22H23NO4. The van der Waals surface area contributed by atoms with Crippen molar-refractivity contribution in [3.8, 4) is 5.75 Å². The van der Waals surface area contributed by atoms with E-state index in [0.29, 0.717) is 26.0 Å². The number of carbonyl (C=O) groups excluding carboxylic acids is 2. The van der Waals surface area contributed by atoms with Crippen LogP contribution in [0.2, 0.25) is 0 Å². The summed E-state index contributed by atoms with van der Waals surface area (Å²) in [6.07, 6.45) is 0.715. The minimum Gasteiger partial charge on any atom is -0.487 e. The first-order chi connectivity index (χ1) is 13.2. The summed E-state index contributed by atoms with van der Waals surface area (Å²) in [4.78, 5) is 27.3. The Balaban J connectivity index is 1.55. The largest absolute Gasteiger partial charge is 0.487 e. The molecule has 2 aromatic rings. The molecule has 5 nitrogen and oxygen atoms in total. The molecule has 140 valence electrons. The Morgan fingerprint density at radius 1 is 1.11 bits per heavy atom. The molecule has 0 N–H and O–H groups in total. The predicted octanol–water partition coefficient (Wildman–Crippen LogP) is 3.14. The van der Waals surface area contributed by atoms with Gasteiger partial charge in [0.2, 0.25) is 5.91 Å². The van der Waals surface area contributed by atoms with Crippen molar-refractivity contribution in [3.63, 3.8) is 0 Å². The molecule has 0 spiro atoms. The lowest BCUT2D eigenvalue weighted by Gasteiger charge is -2.23. The number of para-hydroxylation sites is 1. The van der Waals surface area contributed by atoms with Crippen LogP contribution in [0.15, 0.2) is 54.6 Å². The average molecular weight is 365 g/mol. The van der Waals surface area contributed by atoms with Gasteiger partial charge in [-0.3, -0.25) is 9.59 Å². The van der Waals surface area contributed by atoms with Crippen molar-refractivity contribution in [1.29, 1.82) is 0 Å². The lowest BCUT2D eigenvalue weighted by molar-refractivity contribution is -0.149. The van der Waals surface area contributed by atoms with Gasteiger partial charge in [-0.15, -0.1) is 0 Å². The van der Waals surface area contributed by atoms with E-state index in [1.807, 2.05) is 54.6 Å². The third kappa shape index (κ3) is 3.29. The van der Waals surface area contributed by atoms with Crippen LogP contribution in [0.3, 0.4) is 0 Å². The maximum absolute atomic E-state index is 13.0. The van der Waals surface area contributed by atoms with Gasteiger partial charge in [-0.2, -0.15) is 0 Å². The second kappa shape index (κ2) is 7.43. The fourth-order valence-electron chi connectivity index (χ4n) is 4.05. The van der Waals surface area contributed by atoms with E-state index in [0.717, 1.165) is 16.9 Å². The highest BCUT2D eigenvalue weighted by Crippen LogP contribution is 2.47. The van der Waals surface area contributed by atoms with Crippen molar-refractivity contribution in [2.75, 3.05) is 13.2 Å². The number of hydrogen-bond acceptors (Lipinski definition) is 4. The quantitative estimate of drug-likeness (QED) is 0.764. The number of fused-ring (bicyclic) bond motifs is 3. The Kier molecular flexibility index (Phi) is 4.84. The van der Waals surface area contributed by atoms with Crippen LogP contribution >= 0.6 is 0 Å². The zero-order valence-corrected chi connectivity index (χ0v) is 15.3. The number of likely N-dealkylation sites (tertiary alicyclic amines) is 1. The maximum atomic E-state index is 13.0.